The molecule has 2 heterocycles. The summed E-state index contributed by atoms with van der Waals surface area (Å²) in [6.45, 7) is 15.2. The Kier molecular flexibility index (Phi) is 13.5. The lowest BCUT2D eigenvalue weighted by Crippen LogP contribution is -2.28. The second-order valence-corrected chi connectivity index (χ2v) is 18.5. The van der Waals surface area contributed by atoms with Crippen LogP contribution in [-0.4, -0.2) is 60.9 Å². The van der Waals surface area contributed by atoms with Gasteiger partial charge in [-0.3, -0.25) is 18.7 Å². The summed E-state index contributed by atoms with van der Waals surface area (Å²) in [5.41, 5.74) is 4.05. The molecule has 2 N–H and O–H groups in total. The van der Waals surface area contributed by atoms with Crippen LogP contribution in [0.15, 0.2) is 70.1 Å². The molecule has 12 heteroatoms. The van der Waals surface area contributed by atoms with Crippen molar-refractivity contribution in [3.8, 4) is 0 Å². The average molecular weight is 770 g/mol. The second-order valence-electron chi connectivity index (χ2n) is 15.6. The maximum atomic E-state index is 12.6. The molecule has 0 saturated heterocycles. The summed E-state index contributed by atoms with van der Waals surface area (Å²) < 4.78 is 69.8. The van der Waals surface area contributed by atoms with Gasteiger partial charge in [0.1, 0.15) is 18.1 Å². The van der Waals surface area contributed by atoms with E-state index in [1.54, 1.807) is 18.2 Å². The maximum absolute atomic E-state index is 12.6. The molecule has 10 nitrogen and oxygen atoms in total. The van der Waals surface area contributed by atoms with Crippen LogP contribution in [0.5, 0.6) is 0 Å². The minimum absolute atomic E-state index is 0.0795. The molecule has 0 fully saturated rings. The number of likely N-dealkylation sites (N-methyl/N-ethyl adjacent to an activating group) is 1. The number of anilines is 1. The van der Waals surface area contributed by atoms with Gasteiger partial charge < -0.3 is 4.90 Å². The van der Waals surface area contributed by atoms with E-state index in [4.69, 9.17) is 0 Å². The van der Waals surface area contributed by atoms with E-state index in [9.17, 15) is 35.5 Å². The van der Waals surface area contributed by atoms with Gasteiger partial charge in [0.05, 0.1) is 15.2 Å². The number of Topliss-reactive ketones (excluding diaryl/α,β-unsaturated/α-hetero) is 2. The number of allylic oxidation sites excluding steroid dienone is 4. The molecule has 0 radical (unpaired) electrons. The van der Waals surface area contributed by atoms with Crippen LogP contribution in [0.4, 0.5) is 11.4 Å². The molecular weight excluding hydrogens is 713 g/mol. The Balaban J connectivity index is 1.50. The molecule has 0 atom stereocenters. The minimum atomic E-state index is -4.41. The highest BCUT2D eigenvalue weighted by atomic mass is 32.2. The topological polar surface area (TPSA) is 149 Å². The van der Waals surface area contributed by atoms with Crippen LogP contribution in [0.3, 0.4) is 0 Å². The van der Waals surface area contributed by atoms with Crippen molar-refractivity contribution in [1.82, 2.24) is 0 Å². The molecule has 2 aliphatic rings. The summed E-state index contributed by atoms with van der Waals surface area (Å²) in [5.74, 6) is 0.645. The third-order valence-corrected chi connectivity index (χ3v) is 12.5. The average Bonchev–Trinajstić information content (AvgIpc) is 3.42. The lowest BCUT2D eigenvalue weighted by Gasteiger charge is -2.25. The SMILES string of the molecule is CCN1/C(=C\C=C\C2=[N+](CCCCCC(=O)CCCCCCC(=O)C(C)C)c3ccc(S(=O)(=O)O)cc3C2(C)C)C(C)(C)c2cc(S(=O)(=O)O)ccc21. The molecule has 2 aromatic rings. The molecule has 0 unspecified atom stereocenters. The molecule has 0 bridgehead atoms. The van der Waals surface area contributed by atoms with Gasteiger partial charge in [0.2, 0.25) is 5.69 Å². The number of benzene rings is 2. The largest absolute Gasteiger partial charge is 0.344 e. The molecule has 53 heavy (non-hydrogen) atoms. The summed E-state index contributed by atoms with van der Waals surface area (Å²) in [7, 11) is -8.78. The summed E-state index contributed by atoms with van der Waals surface area (Å²) in [4.78, 5) is 26.2. The molecule has 0 saturated carbocycles. The van der Waals surface area contributed by atoms with Crippen LogP contribution in [0.2, 0.25) is 0 Å². The first-order valence-electron chi connectivity index (χ1n) is 18.8. The lowest BCUT2D eigenvalue weighted by molar-refractivity contribution is -0.438. The van der Waals surface area contributed by atoms with Crippen molar-refractivity contribution in [1.29, 1.82) is 0 Å². The quantitative estimate of drug-likeness (QED) is 0.0815. The smallest absolute Gasteiger partial charge is 0.294 e. The number of carbonyl (C=O) groups is 2. The van der Waals surface area contributed by atoms with E-state index in [-0.39, 0.29) is 21.5 Å². The van der Waals surface area contributed by atoms with E-state index >= 15 is 0 Å². The van der Waals surface area contributed by atoms with Crippen molar-refractivity contribution in [3.05, 3.63) is 71.5 Å². The van der Waals surface area contributed by atoms with Gasteiger partial charge in [-0.05, 0) is 88.4 Å². The third kappa shape index (κ3) is 9.81. The highest BCUT2D eigenvalue weighted by Gasteiger charge is 2.45. The van der Waals surface area contributed by atoms with Crippen molar-refractivity contribution < 1.29 is 40.1 Å². The van der Waals surface area contributed by atoms with Crippen molar-refractivity contribution >= 4 is 48.9 Å². The van der Waals surface area contributed by atoms with E-state index in [1.807, 2.05) is 66.7 Å². The van der Waals surface area contributed by atoms with Crippen LogP contribution >= 0.6 is 0 Å². The monoisotopic (exact) mass is 769 g/mol. The summed E-state index contributed by atoms with van der Waals surface area (Å²) in [6, 6.07) is 9.37. The standard InChI is InChI=1S/C41H56N2O8S2/c1-8-42-35-24-22-31(52(46,47)48)27-33(35)40(4,5)38(42)20-16-21-39-41(6,7)34-28-32(53(49,50)51)23-25-36(34)43(39)26-15-11-13-18-30(44)17-12-9-10-14-19-37(45)29(2)3/h16,20-25,27-29H,8-15,17-19,26H2,1-7H3,(H-,46,47,48,49,50,51)/p+1. The Morgan fingerprint density at radius 1 is 0.774 bits per heavy atom. The fraction of sp³-hybridized carbons (Fsp3) is 0.537. The summed E-state index contributed by atoms with van der Waals surface area (Å²) in [5, 5.41) is 0. The first-order valence-corrected chi connectivity index (χ1v) is 21.7. The van der Waals surface area contributed by atoms with Gasteiger partial charge in [-0.15, -0.1) is 0 Å². The van der Waals surface area contributed by atoms with E-state index in [1.165, 1.54) is 18.2 Å². The number of hydrogen-bond donors (Lipinski definition) is 2. The zero-order chi connectivity index (χ0) is 39.4. The number of hydrogen-bond acceptors (Lipinski definition) is 7. The third-order valence-electron chi connectivity index (χ3n) is 10.8. The van der Waals surface area contributed by atoms with Crippen LogP contribution in [-0.2, 0) is 40.7 Å². The van der Waals surface area contributed by atoms with Crippen LogP contribution < -0.4 is 4.90 Å². The Bertz CT molecular complexity index is 2020. The predicted octanol–water partition coefficient (Wildman–Crippen LogP) is 8.51. The van der Waals surface area contributed by atoms with Gasteiger partial charge in [0.15, 0.2) is 5.71 Å². The van der Waals surface area contributed by atoms with E-state index < -0.39 is 31.1 Å². The Morgan fingerprint density at radius 3 is 1.89 bits per heavy atom. The van der Waals surface area contributed by atoms with Gasteiger partial charge in [-0.25, -0.2) is 0 Å². The number of carbonyl (C=O) groups excluding carboxylic acids is 2. The molecule has 0 spiro atoms. The molecular formula is C41H57N2O8S2+. The molecule has 0 aromatic heterocycles. The summed E-state index contributed by atoms with van der Waals surface area (Å²) in [6.07, 6.45) is 13.8. The Labute approximate surface area is 316 Å². The Morgan fingerprint density at radius 2 is 1.32 bits per heavy atom. The minimum Gasteiger partial charge on any atom is -0.344 e. The highest BCUT2D eigenvalue weighted by molar-refractivity contribution is 7.86. The number of rotatable bonds is 19. The predicted molar refractivity (Wildman–Crippen MR) is 210 cm³/mol. The van der Waals surface area contributed by atoms with Gasteiger partial charge >= 0.3 is 0 Å². The van der Waals surface area contributed by atoms with Crippen molar-refractivity contribution in [2.24, 2.45) is 5.92 Å². The van der Waals surface area contributed by atoms with E-state index in [0.29, 0.717) is 38.1 Å². The molecule has 0 amide bonds. The highest BCUT2D eigenvalue weighted by Crippen LogP contribution is 2.48. The first-order chi connectivity index (χ1) is 24.7. The van der Waals surface area contributed by atoms with Crippen molar-refractivity contribution in [2.75, 3.05) is 18.0 Å². The number of unbranched alkanes of at least 4 members (excludes halogenated alkanes) is 5. The maximum Gasteiger partial charge on any atom is 0.294 e. The molecule has 2 aliphatic heterocycles. The summed E-state index contributed by atoms with van der Waals surface area (Å²) >= 11 is 0. The fourth-order valence-corrected chi connectivity index (χ4v) is 8.61. The zero-order valence-electron chi connectivity index (χ0n) is 32.3. The fourth-order valence-electron chi connectivity index (χ4n) is 7.60. The van der Waals surface area contributed by atoms with Gasteiger partial charge in [-0.2, -0.15) is 21.4 Å². The van der Waals surface area contributed by atoms with Crippen molar-refractivity contribution in [2.45, 2.75) is 133 Å². The van der Waals surface area contributed by atoms with Gasteiger partial charge in [0.25, 0.3) is 20.2 Å². The number of nitrogens with zero attached hydrogens (tertiary/aromatic N) is 2. The zero-order valence-corrected chi connectivity index (χ0v) is 33.9. The van der Waals surface area contributed by atoms with Gasteiger partial charge in [-0.1, -0.05) is 46.6 Å². The van der Waals surface area contributed by atoms with Crippen LogP contribution in [0.25, 0.3) is 0 Å². The first kappa shape index (κ1) is 42.3. The lowest BCUT2D eigenvalue weighted by atomic mass is 9.81. The van der Waals surface area contributed by atoms with Crippen molar-refractivity contribution in [3.63, 3.8) is 0 Å². The van der Waals surface area contributed by atoms with E-state index in [2.05, 4.69) is 9.48 Å². The normalized spacial score (nSPS) is 17.3. The molecule has 0 aliphatic carbocycles. The molecule has 2 aromatic carbocycles. The molecule has 290 valence electrons. The van der Waals surface area contributed by atoms with Gasteiger partial charge in [0, 0.05) is 72.7 Å². The Hall–Kier alpha value is -3.45. The number of ketones is 2. The van der Waals surface area contributed by atoms with E-state index in [0.717, 1.165) is 78.9 Å². The molecule has 4 rings (SSSR count). The van der Waals surface area contributed by atoms with Crippen LogP contribution in [0.1, 0.15) is 124 Å². The van der Waals surface area contributed by atoms with Crippen LogP contribution in [0, 0.1) is 5.92 Å². The second kappa shape index (κ2) is 16.9. The number of fused-ring (bicyclic) bond motifs is 2.